The zero-order valence-electron chi connectivity index (χ0n) is 9.94. The highest BCUT2D eigenvalue weighted by atomic mass is 32.1. The Balaban J connectivity index is 1.53. The summed E-state index contributed by atoms with van der Waals surface area (Å²) >= 11 is 4.50. The molecule has 0 spiro atoms. The molecule has 16 heavy (non-hydrogen) atoms. The molecule has 0 unspecified atom stereocenters. The van der Waals surface area contributed by atoms with Gasteiger partial charge in [-0.25, -0.2) is 0 Å². The quantitative estimate of drug-likeness (QED) is 0.760. The van der Waals surface area contributed by atoms with Crippen LogP contribution in [0, 0.1) is 0 Å². The molecule has 94 valence electrons. The minimum absolute atomic E-state index is 0.490. The first-order chi connectivity index (χ1) is 7.84. The van der Waals surface area contributed by atoms with E-state index in [9.17, 15) is 0 Å². The Morgan fingerprint density at radius 3 is 2.50 bits per heavy atom. The first-order valence-corrected chi connectivity index (χ1v) is 6.96. The summed E-state index contributed by atoms with van der Waals surface area (Å²) in [4.78, 5) is 2.42. The average molecular weight is 245 g/mol. The van der Waals surface area contributed by atoms with Gasteiger partial charge in [0.1, 0.15) is 0 Å². The molecular formula is C12H23NO2S. The molecule has 0 atom stereocenters. The molecule has 4 heteroatoms. The second-order valence-corrected chi connectivity index (χ2v) is 5.49. The summed E-state index contributed by atoms with van der Waals surface area (Å²) < 4.78 is 11.2. The van der Waals surface area contributed by atoms with Gasteiger partial charge in [0, 0.05) is 24.9 Å². The summed E-state index contributed by atoms with van der Waals surface area (Å²) in [5.41, 5.74) is 0. The van der Waals surface area contributed by atoms with E-state index in [1.807, 2.05) is 0 Å². The van der Waals surface area contributed by atoms with E-state index >= 15 is 0 Å². The predicted molar refractivity (Wildman–Crippen MR) is 68.2 cm³/mol. The van der Waals surface area contributed by atoms with Crippen LogP contribution in [0.1, 0.15) is 25.7 Å². The van der Waals surface area contributed by atoms with Crippen LogP contribution in [0.25, 0.3) is 0 Å². The highest BCUT2D eigenvalue weighted by Crippen LogP contribution is 2.24. The van der Waals surface area contributed by atoms with Crippen LogP contribution in [0.4, 0.5) is 0 Å². The van der Waals surface area contributed by atoms with Crippen molar-refractivity contribution in [1.29, 1.82) is 0 Å². The lowest BCUT2D eigenvalue weighted by Gasteiger charge is -2.29. The number of hydrogen-bond donors (Lipinski definition) is 1. The lowest BCUT2D eigenvalue weighted by Crippen LogP contribution is -2.39. The fourth-order valence-corrected chi connectivity index (χ4v) is 2.68. The highest BCUT2D eigenvalue weighted by molar-refractivity contribution is 7.80. The van der Waals surface area contributed by atoms with Crippen LogP contribution in [-0.4, -0.2) is 55.7 Å². The number of rotatable bonds is 4. The summed E-state index contributed by atoms with van der Waals surface area (Å²) in [5.74, 6) is 0. The van der Waals surface area contributed by atoms with Crippen LogP contribution in [0.3, 0.4) is 0 Å². The summed E-state index contributed by atoms with van der Waals surface area (Å²) in [6, 6.07) is 0. The summed E-state index contributed by atoms with van der Waals surface area (Å²) in [6.45, 7) is 5.82. The van der Waals surface area contributed by atoms with Gasteiger partial charge in [0.25, 0.3) is 0 Å². The zero-order chi connectivity index (χ0) is 11.2. The molecule has 1 aliphatic carbocycles. The predicted octanol–water partition coefficient (Wildman–Crippen LogP) is 1.58. The van der Waals surface area contributed by atoms with E-state index in [1.165, 1.54) is 25.7 Å². The van der Waals surface area contributed by atoms with E-state index in [-0.39, 0.29) is 0 Å². The zero-order valence-corrected chi connectivity index (χ0v) is 10.8. The van der Waals surface area contributed by atoms with Gasteiger partial charge in [-0.05, 0) is 25.7 Å². The van der Waals surface area contributed by atoms with Crippen molar-refractivity contribution in [2.45, 2.75) is 37.0 Å². The van der Waals surface area contributed by atoms with Gasteiger partial charge in [0.15, 0.2) is 0 Å². The minimum Gasteiger partial charge on any atom is -0.379 e. The molecule has 1 saturated carbocycles. The maximum absolute atomic E-state index is 5.92. The first kappa shape index (κ1) is 12.7. The van der Waals surface area contributed by atoms with Gasteiger partial charge >= 0.3 is 0 Å². The van der Waals surface area contributed by atoms with E-state index in [1.54, 1.807) is 0 Å². The smallest absolute Gasteiger partial charge is 0.0597 e. The molecule has 0 amide bonds. The van der Waals surface area contributed by atoms with E-state index in [2.05, 4.69) is 17.5 Å². The van der Waals surface area contributed by atoms with Gasteiger partial charge in [-0.1, -0.05) is 0 Å². The van der Waals surface area contributed by atoms with Crippen LogP contribution in [0.5, 0.6) is 0 Å². The maximum atomic E-state index is 5.92. The maximum Gasteiger partial charge on any atom is 0.0597 e. The third kappa shape index (κ3) is 4.24. The van der Waals surface area contributed by atoms with Crippen molar-refractivity contribution in [3.8, 4) is 0 Å². The number of morpholine rings is 1. The summed E-state index contributed by atoms with van der Waals surface area (Å²) in [5, 5.41) is 0.610. The van der Waals surface area contributed by atoms with Crippen LogP contribution < -0.4 is 0 Å². The van der Waals surface area contributed by atoms with Gasteiger partial charge < -0.3 is 9.47 Å². The third-order valence-corrected chi connectivity index (χ3v) is 4.02. The average Bonchev–Trinajstić information content (AvgIpc) is 2.33. The van der Waals surface area contributed by atoms with Crippen molar-refractivity contribution < 1.29 is 9.47 Å². The standard InChI is InChI=1S/C12H23NO2S/c16-12-3-1-11(2-4-12)15-10-7-13-5-8-14-9-6-13/h11-12,16H,1-10H2. The van der Waals surface area contributed by atoms with Crippen molar-refractivity contribution in [2.75, 3.05) is 39.5 Å². The van der Waals surface area contributed by atoms with E-state index in [0.717, 1.165) is 39.5 Å². The van der Waals surface area contributed by atoms with Gasteiger partial charge in [0.2, 0.25) is 0 Å². The van der Waals surface area contributed by atoms with Crippen molar-refractivity contribution in [3.63, 3.8) is 0 Å². The first-order valence-electron chi connectivity index (χ1n) is 6.44. The molecule has 0 aromatic carbocycles. The molecule has 2 fully saturated rings. The Morgan fingerprint density at radius 2 is 1.81 bits per heavy atom. The van der Waals surface area contributed by atoms with Crippen molar-refractivity contribution in [1.82, 2.24) is 4.90 Å². The third-order valence-electron chi connectivity index (χ3n) is 3.51. The van der Waals surface area contributed by atoms with Gasteiger partial charge in [-0.2, -0.15) is 12.6 Å². The number of ether oxygens (including phenoxy) is 2. The van der Waals surface area contributed by atoms with E-state index < -0.39 is 0 Å². The van der Waals surface area contributed by atoms with Gasteiger partial charge in [-0.15, -0.1) is 0 Å². The van der Waals surface area contributed by atoms with Gasteiger partial charge in [0.05, 0.1) is 25.9 Å². The molecular weight excluding hydrogens is 222 g/mol. The molecule has 0 aromatic rings. The molecule has 3 nitrogen and oxygen atoms in total. The second-order valence-electron chi connectivity index (χ2n) is 4.76. The molecule has 2 rings (SSSR count). The van der Waals surface area contributed by atoms with Crippen molar-refractivity contribution in [2.24, 2.45) is 0 Å². The molecule has 1 heterocycles. The lowest BCUT2D eigenvalue weighted by atomic mass is 9.97. The SMILES string of the molecule is SC1CCC(OCCN2CCOCC2)CC1. The Morgan fingerprint density at radius 1 is 1.12 bits per heavy atom. The second kappa shape index (κ2) is 6.84. The van der Waals surface area contributed by atoms with Crippen LogP contribution in [-0.2, 0) is 9.47 Å². The molecule has 0 bridgehead atoms. The fraction of sp³-hybridized carbons (Fsp3) is 1.00. The molecule has 2 aliphatic rings. The Labute approximate surface area is 104 Å². The highest BCUT2D eigenvalue weighted by Gasteiger charge is 2.19. The Kier molecular flexibility index (Phi) is 5.42. The summed E-state index contributed by atoms with van der Waals surface area (Å²) in [6.07, 6.45) is 5.30. The molecule has 1 saturated heterocycles. The topological polar surface area (TPSA) is 21.7 Å². The lowest BCUT2D eigenvalue weighted by molar-refractivity contribution is -0.00777. The Bertz CT molecular complexity index is 189. The monoisotopic (exact) mass is 245 g/mol. The molecule has 1 aliphatic heterocycles. The van der Waals surface area contributed by atoms with E-state index in [4.69, 9.17) is 9.47 Å². The number of thiol groups is 1. The molecule has 0 aromatic heterocycles. The van der Waals surface area contributed by atoms with Gasteiger partial charge in [-0.3, -0.25) is 4.90 Å². The van der Waals surface area contributed by atoms with Crippen molar-refractivity contribution >= 4 is 12.6 Å². The fourth-order valence-electron chi connectivity index (χ4n) is 2.39. The van der Waals surface area contributed by atoms with Crippen molar-refractivity contribution in [3.05, 3.63) is 0 Å². The summed E-state index contributed by atoms with van der Waals surface area (Å²) in [7, 11) is 0. The largest absolute Gasteiger partial charge is 0.379 e. The minimum atomic E-state index is 0.490. The number of hydrogen-bond acceptors (Lipinski definition) is 4. The molecule has 0 N–H and O–H groups in total. The van der Waals surface area contributed by atoms with E-state index in [0.29, 0.717) is 11.4 Å². The van der Waals surface area contributed by atoms with Crippen LogP contribution in [0.2, 0.25) is 0 Å². The normalized spacial score (nSPS) is 32.8. The molecule has 0 radical (unpaired) electrons. The number of nitrogens with zero attached hydrogens (tertiary/aromatic N) is 1. The Hall–Kier alpha value is 0.230. The van der Waals surface area contributed by atoms with Crippen LogP contribution >= 0.6 is 12.6 Å². The van der Waals surface area contributed by atoms with Crippen LogP contribution in [0.15, 0.2) is 0 Å².